The third kappa shape index (κ3) is 2.49. The van der Waals surface area contributed by atoms with Crippen LogP contribution in [0.5, 0.6) is 0 Å². The highest BCUT2D eigenvalue weighted by atomic mass is 35.5. The lowest BCUT2D eigenvalue weighted by molar-refractivity contribution is 1.08. The van der Waals surface area contributed by atoms with Gasteiger partial charge in [-0.1, -0.05) is 35.1 Å². The van der Waals surface area contributed by atoms with Crippen LogP contribution in [0.2, 0.25) is 0 Å². The van der Waals surface area contributed by atoms with Crippen molar-refractivity contribution in [1.82, 2.24) is 10.2 Å². The van der Waals surface area contributed by atoms with Crippen molar-refractivity contribution in [2.75, 3.05) is 5.43 Å². The fourth-order valence-corrected chi connectivity index (χ4v) is 2.19. The summed E-state index contributed by atoms with van der Waals surface area (Å²) in [5.41, 5.74) is 6.06. The lowest BCUT2D eigenvalue weighted by Gasteiger charge is -2.01. The minimum atomic E-state index is 0. The highest BCUT2D eigenvalue weighted by molar-refractivity contribution is 7.18. The molecule has 0 bridgehead atoms. The molecule has 0 aliphatic carbocycles. The molecular weight excluding hydrogens is 244 g/mol. The molecule has 1 aromatic carbocycles. The number of benzene rings is 1. The summed E-state index contributed by atoms with van der Waals surface area (Å²) in [5, 5.41) is 9.50. The Bertz CT molecular complexity index is 483. The van der Waals surface area contributed by atoms with Crippen LogP contribution in [0.3, 0.4) is 0 Å². The number of aryl methyl sites for hydroxylation is 2. The number of nitrogen functional groups attached to an aromatic ring is 1. The third-order valence-corrected chi connectivity index (χ3v) is 3.05. The van der Waals surface area contributed by atoms with Crippen LogP contribution in [0.25, 0.3) is 10.6 Å². The van der Waals surface area contributed by atoms with Crippen LogP contribution in [0.15, 0.2) is 18.2 Å². The van der Waals surface area contributed by atoms with Gasteiger partial charge in [0, 0.05) is 5.56 Å². The van der Waals surface area contributed by atoms with E-state index in [1.165, 1.54) is 22.5 Å². The second kappa shape index (κ2) is 5.25. The number of aromatic nitrogens is 2. The molecule has 1 aromatic heterocycles. The van der Waals surface area contributed by atoms with Crippen molar-refractivity contribution in [3.8, 4) is 10.6 Å². The fourth-order valence-electron chi connectivity index (χ4n) is 1.44. The average molecular weight is 257 g/mol. The molecular formula is C10H13ClN4S. The zero-order valence-electron chi connectivity index (χ0n) is 9.02. The average Bonchev–Trinajstić information content (AvgIpc) is 2.66. The normalized spacial score (nSPS) is 9.69. The molecule has 1 heterocycles. The van der Waals surface area contributed by atoms with E-state index in [-0.39, 0.29) is 12.4 Å². The fraction of sp³-hybridized carbons (Fsp3) is 0.200. The highest BCUT2D eigenvalue weighted by Gasteiger charge is 2.07. The van der Waals surface area contributed by atoms with Crippen molar-refractivity contribution in [2.24, 2.45) is 5.84 Å². The summed E-state index contributed by atoms with van der Waals surface area (Å²) >= 11 is 1.45. The van der Waals surface area contributed by atoms with Crippen LogP contribution in [-0.2, 0) is 0 Å². The van der Waals surface area contributed by atoms with E-state index < -0.39 is 0 Å². The van der Waals surface area contributed by atoms with Crippen LogP contribution < -0.4 is 11.3 Å². The molecule has 4 nitrogen and oxygen atoms in total. The Morgan fingerprint density at radius 3 is 2.56 bits per heavy atom. The number of nitrogens with one attached hydrogen (secondary N) is 1. The Hall–Kier alpha value is -1.17. The monoisotopic (exact) mass is 256 g/mol. The molecule has 3 N–H and O–H groups in total. The summed E-state index contributed by atoms with van der Waals surface area (Å²) in [6.45, 7) is 4.14. The van der Waals surface area contributed by atoms with E-state index in [4.69, 9.17) is 5.84 Å². The number of rotatable bonds is 2. The zero-order valence-corrected chi connectivity index (χ0v) is 10.7. The summed E-state index contributed by atoms with van der Waals surface area (Å²) < 4.78 is 0. The molecule has 0 atom stereocenters. The van der Waals surface area contributed by atoms with E-state index in [1.54, 1.807) is 0 Å². The van der Waals surface area contributed by atoms with Gasteiger partial charge in [-0.2, -0.15) is 0 Å². The molecule has 16 heavy (non-hydrogen) atoms. The molecule has 0 saturated carbocycles. The highest BCUT2D eigenvalue weighted by Crippen LogP contribution is 2.28. The number of anilines is 1. The van der Waals surface area contributed by atoms with Crippen molar-refractivity contribution >= 4 is 28.9 Å². The summed E-state index contributed by atoms with van der Waals surface area (Å²) in [4.78, 5) is 0. The number of hydrogen-bond donors (Lipinski definition) is 2. The van der Waals surface area contributed by atoms with Gasteiger partial charge in [-0.25, -0.2) is 5.84 Å². The molecule has 0 saturated heterocycles. The number of hydrogen-bond acceptors (Lipinski definition) is 5. The SMILES string of the molecule is Cc1ccc(-c2nnc(NN)s2)c(C)c1.Cl. The third-order valence-electron chi connectivity index (χ3n) is 2.16. The molecule has 0 fully saturated rings. The van der Waals surface area contributed by atoms with Gasteiger partial charge in [-0.05, 0) is 19.4 Å². The van der Waals surface area contributed by atoms with Gasteiger partial charge in [0.1, 0.15) is 5.01 Å². The van der Waals surface area contributed by atoms with E-state index in [2.05, 4.69) is 47.7 Å². The van der Waals surface area contributed by atoms with E-state index in [0.717, 1.165) is 10.6 Å². The predicted octanol–water partition coefficient (Wildman–Crippen LogP) is 2.53. The quantitative estimate of drug-likeness (QED) is 0.640. The van der Waals surface area contributed by atoms with E-state index >= 15 is 0 Å². The Morgan fingerprint density at radius 2 is 2.00 bits per heavy atom. The maximum atomic E-state index is 5.26. The van der Waals surface area contributed by atoms with Gasteiger partial charge in [0.05, 0.1) is 0 Å². The van der Waals surface area contributed by atoms with Gasteiger partial charge >= 0.3 is 0 Å². The zero-order chi connectivity index (χ0) is 10.8. The van der Waals surface area contributed by atoms with Crippen LogP contribution in [0.4, 0.5) is 5.13 Å². The molecule has 6 heteroatoms. The standard InChI is InChI=1S/C10H12N4S.ClH/c1-6-3-4-8(7(2)5-6)9-13-14-10(12-11)15-9;/h3-5H,11H2,1-2H3,(H,12,14);1H. The van der Waals surface area contributed by atoms with Gasteiger partial charge in [-0.3, -0.25) is 5.43 Å². The number of nitrogens with two attached hydrogens (primary N) is 1. The second-order valence-corrected chi connectivity index (χ2v) is 4.35. The van der Waals surface area contributed by atoms with Gasteiger partial charge in [0.25, 0.3) is 0 Å². The van der Waals surface area contributed by atoms with E-state index in [0.29, 0.717) is 5.13 Å². The predicted molar refractivity (Wildman–Crippen MR) is 69.9 cm³/mol. The van der Waals surface area contributed by atoms with Crippen LogP contribution in [0, 0.1) is 13.8 Å². The summed E-state index contributed by atoms with van der Waals surface area (Å²) in [5.74, 6) is 5.26. The van der Waals surface area contributed by atoms with Crippen molar-refractivity contribution in [3.05, 3.63) is 29.3 Å². The van der Waals surface area contributed by atoms with Crippen LogP contribution >= 0.6 is 23.7 Å². The topological polar surface area (TPSA) is 63.8 Å². The summed E-state index contributed by atoms with van der Waals surface area (Å²) in [6.07, 6.45) is 0. The molecule has 86 valence electrons. The lowest BCUT2D eigenvalue weighted by atomic mass is 10.1. The van der Waals surface area contributed by atoms with E-state index in [1.807, 2.05) is 0 Å². The van der Waals surface area contributed by atoms with Crippen LogP contribution in [-0.4, -0.2) is 10.2 Å². The summed E-state index contributed by atoms with van der Waals surface area (Å²) in [6, 6.07) is 6.26. The van der Waals surface area contributed by atoms with Gasteiger partial charge in [0.15, 0.2) is 0 Å². The van der Waals surface area contributed by atoms with Crippen molar-refractivity contribution in [1.29, 1.82) is 0 Å². The first-order valence-corrected chi connectivity index (χ1v) is 5.40. The van der Waals surface area contributed by atoms with E-state index in [9.17, 15) is 0 Å². The Labute approximate surface area is 104 Å². The molecule has 0 amide bonds. The maximum Gasteiger partial charge on any atom is 0.220 e. The first-order chi connectivity index (χ1) is 7.20. The van der Waals surface area contributed by atoms with Crippen molar-refractivity contribution in [3.63, 3.8) is 0 Å². The minimum absolute atomic E-state index is 0. The van der Waals surface area contributed by atoms with Crippen molar-refractivity contribution < 1.29 is 0 Å². The Kier molecular flexibility index (Phi) is 4.23. The largest absolute Gasteiger partial charge is 0.298 e. The molecule has 2 aromatic rings. The van der Waals surface area contributed by atoms with Crippen molar-refractivity contribution in [2.45, 2.75) is 13.8 Å². The lowest BCUT2D eigenvalue weighted by Crippen LogP contribution is -2.05. The van der Waals surface area contributed by atoms with Crippen LogP contribution in [0.1, 0.15) is 11.1 Å². The molecule has 0 unspecified atom stereocenters. The summed E-state index contributed by atoms with van der Waals surface area (Å²) in [7, 11) is 0. The Balaban J connectivity index is 0.00000128. The molecule has 0 aliphatic heterocycles. The molecule has 0 spiro atoms. The Morgan fingerprint density at radius 1 is 1.25 bits per heavy atom. The van der Waals surface area contributed by atoms with Gasteiger partial charge < -0.3 is 0 Å². The second-order valence-electron chi connectivity index (χ2n) is 3.38. The minimum Gasteiger partial charge on any atom is -0.298 e. The van der Waals surface area contributed by atoms with Gasteiger partial charge in [0.2, 0.25) is 5.13 Å². The number of nitrogens with zero attached hydrogens (tertiary/aromatic N) is 2. The molecule has 0 radical (unpaired) electrons. The first-order valence-electron chi connectivity index (χ1n) is 4.58. The number of hydrazine groups is 1. The maximum absolute atomic E-state index is 5.26. The number of halogens is 1. The van der Waals surface area contributed by atoms with Gasteiger partial charge in [-0.15, -0.1) is 22.6 Å². The molecule has 2 rings (SSSR count). The molecule has 0 aliphatic rings. The first kappa shape index (κ1) is 12.9. The smallest absolute Gasteiger partial charge is 0.220 e.